The van der Waals surface area contributed by atoms with E-state index in [0.717, 1.165) is 24.4 Å². The lowest BCUT2D eigenvalue weighted by Crippen LogP contribution is -2.44. The van der Waals surface area contributed by atoms with Gasteiger partial charge in [-0.3, -0.25) is 14.5 Å². The Balaban J connectivity index is 1.31. The van der Waals surface area contributed by atoms with E-state index in [0.29, 0.717) is 36.6 Å². The number of carbonyl (C=O) groups is 2. The minimum Gasteiger partial charge on any atom is -0.497 e. The van der Waals surface area contributed by atoms with Crippen molar-refractivity contribution >= 4 is 11.7 Å². The topological polar surface area (TPSA) is 77.1 Å². The van der Waals surface area contributed by atoms with E-state index in [4.69, 9.17) is 14.2 Å². The first kappa shape index (κ1) is 24.4. The van der Waals surface area contributed by atoms with Crippen molar-refractivity contribution in [1.29, 1.82) is 0 Å². The molecule has 4 rings (SSSR count). The van der Waals surface area contributed by atoms with Gasteiger partial charge in [-0.15, -0.1) is 0 Å². The van der Waals surface area contributed by atoms with Crippen molar-refractivity contribution in [2.45, 2.75) is 6.04 Å². The summed E-state index contributed by atoms with van der Waals surface area (Å²) in [7, 11) is 1.64. The number of nitrogens with one attached hydrogen (secondary N) is 1. The zero-order chi connectivity index (χ0) is 24.5. The molecule has 182 valence electrons. The molecule has 1 fully saturated rings. The van der Waals surface area contributed by atoms with E-state index in [1.165, 1.54) is 0 Å². The zero-order valence-corrected chi connectivity index (χ0v) is 19.8. The fourth-order valence-electron chi connectivity index (χ4n) is 4.04. The molecule has 1 N–H and O–H groups in total. The maximum Gasteiger partial charge on any atom is 0.258 e. The summed E-state index contributed by atoms with van der Waals surface area (Å²) in [6.45, 7) is 3.30. The molecule has 1 aliphatic rings. The lowest BCUT2D eigenvalue weighted by molar-refractivity contribution is -0.123. The van der Waals surface area contributed by atoms with Gasteiger partial charge in [0.1, 0.15) is 11.5 Å². The van der Waals surface area contributed by atoms with E-state index in [-0.39, 0.29) is 24.3 Å². The second-order valence-electron chi connectivity index (χ2n) is 8.25. The van der Waals surface area contributed by atoms with E-state index < -0.39 is 0 Å². The van der Waals surface area contributed by atoms with E-state index in [1.54, 1.807) is 43.5 Å². The third-order valence-electron chi connectivity index (χ3n) is 6.00. The number of ketones is 1. The van der Waals surface area contributed by atoms with Crippen LogP contribution < -0.4 is 14.8 Å². The number of ether oxygens (including phenoxy) is 3. The fourth-order valence-corrected chi connectivity index (χ4v) is 4.04. The molecule has 0 bridgehead atoms. The predicted molar refractivity (Wildman–Crippen MR) is 133 cm³/mol. The molecule has 1 atom stereocenters. The van der Waals surface area contributed by atoms with Crippen molar-refractivity contribution in [3.05, 3.63) is 95.6 Å². The zero-order valence-electron chi connectivity index (χ0n) is 19.8. The molecule has 3 aromatic rings. The van der Waals surface area contributed by atoms with Crippen LogP contribution in [0.1, 0.15) is 27.5 Å². The highest BCUT2D eigenvalue weighted by Gasteiger charge is 2.23. The number of amides is 1. The van der Waals surface area contributed by atoms with Gasteiger partial charge in [-0.1, -0.05) is 42.5 Å². The van der Waals surface area contributed by atoms with Gasteiger partial charge in [-0.25, -0.2) is 0 Å². The molecular formula is C28H30N2O5. The first-order chi connectivity index (χ1) is 17.1. The number of rotatable bonds is 10. The van der Waals surface area contributed by atoms with E-state index >= 15 is 0 Å². The molecule has 35 heavy (non-hydrogen) atoms. The van der Waals surface area contributed by atoms with Gasteiger partial charge in [0.25, 0.3) is 5.91 Å². The number of hydrogen-bond donors (Lipinski definition) is 1. The predicted octanol–water partition coefficient (Wildman–Crippen LogP) is 3.49. The van der Waals surface area contributed by atoms with Crippen LogP contribution in [-0.2, 0) is 9.53 Å². The van der Waals surface area contributed by atoms with Gasteiger partial charge < -0.3 is 19.5 Å². The SMILES string of the molecule is COc1ccc(C(CNC(=O)COc2ccc(C(=O)c3ccccc3)cc2)N2CCOCC2)cc1. The highest BCUT2D eigenvalue weighted by atomic mass is 16.5. The third-order valence-corrected chi connectivity index (χ3v) is 6.00. The molecule has 1 aliphatic heterocycles. The van der Waals surface area contributed by atoms with Crippen LogP contribution >= 0.6 is 0 Å². The van der Waals surface area contributed by atoms with Gasteiger partial charge >= 0.3 is 0 Å². The summed E-state index contributed by atoms with van der Waals surface area (Å²) in [5, 5.41) is 3.00. The van der Waals surface area contributed by atoms with Crippen LogP contribution in [0.25, 0.3) is 0 Å². The molecule has 0 aromatic heterocycles. The fraction of sp³-hybridized carbons (Fsp3) is 0.286. The standard InChI is InChI=1S/C28H30N2O5/c1-33-24-11-7-21(8-12-24)26(30-15-17-34-18-16-30)19-29-27(31)20-35-25-13-9-23(10-14-25)28(32)22-5-3-2-4-6-22/h2-14,26H,15-20H2,1H3,(H,29,31). The van der Waals surface area contributed by atoms with Crippen LogP contribution in [0.3, 0.4) is 0 Å². The lowest BCUT2D eigenvalue weighted by atomic mass is 10.0. The minimum atomic E-state index is -0.207. The van der Waals surface area contributed by atoms with Crippen molar-refractivity contribution in [3.8, 4) is 11.5 Å². The van der Waals surface area contributed by atoms with Crippen molar-refractivity contribution in [3.63, 3.8) is 0 Å². The molecule has 1 amide bonds. The first-order valence-electron chi connectivity index (χ1n) is 11.7. The Morgan fingerprint density at radius 2 is 1.51 bits per heavy atom. The van der Waals surface area contributed by atoms with Crippen molar-refractivity contribution in [2.24, 2.45) is 0 Å². The number of hydrogen-bond acceptors (Lipinski definition) is 6. The lowest BCUT2D eigenvalue weighted by Gasteiger charge is -2.35. The van der Waals surface area contributed by atoms with Gasteiger partial charge in [0.05, 0.1) is 26.4 Å². The van der Waals surface area contributed by atoms with Crippen LogP contribution in [0.2, 0.25) is 0 Å². The average molecular weight is 475 g/mol. The summed E-state index contributed by atoms with van der Waals surface area (Å²) in [5.74, 6) is 1.07. The van der Waals surface area contributed by atoms with Gasteiger partial charge in [0.2, 0.25) is 0 Å². The first-order valence-corrected chi connectivity index (χ1v) is 11.7. The highest BCUT2D eigenvalue weighted by Crippen LogP contribution is 2.24. The Morgan fingerprint density at radius 1 is 0.886 bits per heavy atom. The van der Waals surface area contributed by atoms with Crippen LogP contribution in [0, 0.1) is 0 Å². The second kappa shape index (κ2) is 12.1. The maximum atomic E-state index is 12.5. The Kier molecular flexibility index (Phi) is 8.48. The van der Waals surface area contributed by atoms with Crippen LogP contribution in [0.15, 0.2) is 78.9 Å². The average Bonchev–Trinajstić information content (AvgIpc) is 2.93. The summed E-state index contributed by atoms with van der Waals surface area (Å²) >= 11 is 0. The number of morpholine rings is 1. The highest BCUT2D eigenvalue weighted by molar-refractivity contribution is 6.08. The molecule has 1 unspecified atom stereocenters. The molecule has 1 saturated heterocycles. The van der Waals surface area contributed by atoms with Gasteiger partial charge in [0, 0.05) is 30.8 Å². The van der Waals surface area contributed by atoms with Crippen molar-refractivity contribution in [2.75, 3.05) is 46.6 Å². The summed E-state index contributed by atoms with van der Waals surface area (Å²) in [6, 6.07) is 23.9. The monoisotopic (exact) mass is 474 g/mol. The quantitative estimate of drug-likeness (QED) is 0.454. The van der Waals surface area contributed by atoms with Crippen LogP contribution in [-0.4, -0.2) is 63.2 Å². The molecule has 1 heterocycles. The smallest absolute Gasteiger partial charge is 0.258 e. The molecule has 3 aromatic carbocycles. The van der Waals surface area contributed by atoms with Crippen LogP contribution in [0.4, 0.5) is 0 Å². The normalized spacial score (nSPS) is 14.7. The van der Waals surface area contributed by atoms with Crippen LogP contribution in [0.5, 0.6) is 11.5 Å². The summed E-state index contributed by atoms with van der Waals surface area (Å²) in [5.41, 5.74) is 2.31. The number of benzene rings is 3. The Hall–Kier alpha value is -3.68. The molecular weight excluding hydrogens is 444 g/mol. The molecule has 0 saturated carbocycles. The van der Waals surface area contributed by atoms with E-state index in [2.05, 4.69) is 10.2 Å². The summed E-state index contributed by atoms with van der Waals surface area (Å²) < 4.78 is 16.4. The van der Waals surface area contributed by atoms with E-state index in [9.17, 15) is 9.59 Å². The summed E-state index contributed by atoms with van der Waals surface area (Å²) in [4.78, 5) is 27.4. The van der Waals surface area contributed by atoms with Gasteiger partial charge in [0.15, 0.2) is 12.4 Å². The number of nitrogens with zero attached hydrogens (tertiary/aromatic N) is 1. The van der Waals surface area contributed by atoms with Gasteiger partial charge in [-0.05, 0) is 42.0 Å². The Labute approximate surface area is 205 Å². The minimum absolute atomic E-state index is 0.0250. The number of methoxy groups -OCH3 is 1. The molecule has 0 spiro atoms. The Morgan fingerprint density at radius 3 is 2.17 bits per heavy atom. The molecule has 7 heteroatoms. The maximum absolute atomic E-state index is 12.5. The third kappa shape index (κ3) is 6.68. The molecule has 7 nitrogen and oxygen atoms in total. The Bertz CT molecular complexity index is 1090. The second-order valence-corrected chi connectivity index (χ2v) is 8.25. The molecule has 0 aliphatic carbocycles. The van der Waals surface area contributed by atoms with E-state index in [1.807, 2.05) is 42.5 Å². The summed E-state index contributed by atoms with van der Waals surface area (Å²) in [6.07, 6.45) is 0. The van der Waals surface area contributed by atoms with Gasteiger partial charge in [-0.2, -0.15) is 0 Å². The number of carbonyl (C=O) groups excluding carboxylic acids is 2. The van der Waals surface area contributed by atoms with Crippen molar-refractivity contribution in [1.82, 2.24) is 10.2 Å². The van der Waals surface area contributed by atoms with Crippen molar-refractivity contribution < 1.29 is 23.8 Å². The largest absolute Gasteiger partial charge is 0.497 e. The molecule has 0 radical (unpaired) electrons.